The molecule has 1 aliphatic rings. The maximum atomic E-state index is 12.6. The minimum Gasteiger partial charge on any atom is -0.345 e. The molecule has 0 unspecified atom stereocenters. The molecule has 1 saturated heterocycles. The minimum absolute atomic E-state index is 0.0259. The summed E-state index contributed by atoms with van der Waals surface area (Å²) < 4.78 is 23.1. The van der Waals surface area contributed by atoms with Gasteiger partial charge in [0.2, 0.25) is 5.91 Å². The van der Waals surface area contributed by atoms with Gasteiger partial charge in [-0.15, -0.1) is 0 Å². The molecule has 5 heteroatoms. The maximum Gasteiger partial charge on any atom is 0.221 e. The van der Waals surface area contributed by atoms with Gasteiger partial charge in [-0.25, -0.2) is 8.42 Å². The first kappa shape index (κ1) is 17.7. The lowest BCUT2D eigenvalue weighted by molar-refractivity contribution is -0.122. The number of hydrogen-bond donors (Lipinski definition) is 1. The van der Waals surface area contributed by atoms with Crippen LogP contribution in [0.1, 0.15) is 36.4 Å². The number of nitrogens with one attached hydrogen (secondary N) is 1. The molecule has 132 valence electrons. The Kier molecular flexibility index (Phi) is 5.53. The van der Waals surface area contributed by atoms with Gasteiger partial charge in [-0.05, 0) is 29.9 Å². The van der Waals surface area contributed by atoms with Crippen LogP contribution >= 0.6 is 0 Å². The summed E-state index contributed by atoms with van der Waals surface area (Å²) in [4.78, 5) is 12.6. The van der Waals surface area contributed by atoms with Crippen LogP contribution in [0.5, 0.6) is 0 Å². The van der Waals surface area contributed by atoms with E-state index in [0.717, 1.165) is 11.1 Å². The fraction of sp³-hybridized carbons (Fsp3) is 0.350. The third-order valence-electron chi connectivity index (χ3n) is 4.72. The molecule has 1 aliphatic heterocycles. The molecule has 0 radical (unpaired) electrons. The Morgan fingerprint density at radius 2 is 1.40 bits per heavy atom. The Hall–Kier alpha value is -2.14. The lowest BCUT2D eigenvalue weighted by atomic mass is 9.96. The SMILES string of the molecule is O=C(CC1CCS(=O)(=O)CC1)NC(c1ccccc1)c1ccccc1. The summed E-state index contributed by atoms with van der Waals surface area (Å²) >= 11 is 0. The van der Waals surface area contributed by atoms with E-state index in [4.69, 9.17) is 0 Å². The van der Waals surface area contributed by atoms with E-state index in [1.807, 2.05) is 60.7 Å². The van der Waals surface area contributed by atoms with Gasteiger partial charge >= 0.3 is 0 Å². The molecule has 0 atom stereocenters. The van der Waals surface area contributed by atoms with E-state index in [0.29, 0.717) is 19.3 Å². The molecule has 0 saturated carbocycles. The van der Waals surface area contributed by atoms with Crippen molar-refractivity contribution in [2.24, 2.45) is 5.92 Å². The Balaban J connectivity index is 1.69. The fourth-order valence-electron chi connectivity index (χ4n) is 3.28. The number of hydrogen-bond acceptors (Lipinski definition) is 3. The highest BCUT2D eigenvalue weighted by molar-refractivity contribution is 7.91. The third-order valence-corrected chi connectivity index (χ3v) is 6.43. The van der Waals surface area contributed by atoms with Gasteiger partial charge in [0.25, 0.3) is 0 Å². The van der Waals surface area contributed by atoms with E-state index >= 15 is 0 Å². The van der Waals surface area contributed by atoms with Crippen molar-refractivity contribution in [3.63, 3.8) is 0 Å². The highest BCUT2D eigenvalue weighted by Crippen LogP contribution is 2.25. The molecule has 1 heterocycles. The predicted molar refractivity (Wildman–Crippen MR) is 98.9 cm³/mol. The normalized spacial score (nSPS) is 17.3. The predicted octanol–water partition coefficient (Wildman–Crippen LogP) is 3.11. The standard InChI is InChI=1S/C20H23NO3S/c22-19(15-16-11-13-25(23,24)14-12-16)21-20(17-7-3-1-4-8-17)18-9-5-2-6-10-18/h1-10,16,20H,11-15H2,(H,21,22). The smallest absolute Gasteiger partial charge is 0.221 e. The van der Waals surface area contributed by atoms with Crippen molar-refractivity contribution < 1.29 is 13.2 Å². The second-order valence-corrected chi connectivity index (χ2v) is 8.92. The first-order valence-electron chi connectivity index (χ1n) is 8.63. The summed E-state index contributed by atoms with van der Waals surface area (Å²) in [5.41, 5.74) is 2.07. The molecular weight excluding hydrogens is 334 g/mol. The number of carbonyl (C=O) groups excluding carboxylic acids is 1. The van der Waals surface area contributed by atoms with Crippen LogP contribution in [0.2, 0.25) is 0 Å². The van der Waals surface area contributed by atoms with Crippen molar-refractivity contribution in [1.82, 2.24) is 5.32 Å². The number of carbonyl (C=O) groups is 1. The first-order valence-corrected chi connectivity index (χ1v) is 10.5. The Bertz CT molecular complexity index is 750. The highest BCUT2D eigenvalue weighted by atomic mass is 32.2. The molecule has 1 amide bonds. The van der Waals surface area contributed by atoms with Crippen LogP contribution in [0.4, 0.5) is 0 Å². The van der Waals surface area contributed by atoms with Gasteiger partial charge in [0, 0.05) is 6.42 Å². The van der Waals surface area contributed by atoms with Gasteiger partial charge in [0.05, 0.1) is 17.5 Å². The van der Waals surface area contributed by atoms with E-state index in [9.17, 15) is 13.2 Å². The van der Waals surface area contributed by atoms with Crippen LogP contribution in [0, 0.1) is 5.92 Å². The average Bonchev–Trinajstić information content (AvgIpc) is 2.63. The molecule has 0 aromatic heterocycles. The van der Waals surface area contributed by atoms with Gasteiger partial charge in [-0.2, -0.15) is 0 Å². The second-order valence-electron chi connectivity index (χ2n) is 6.62. The minimum atomic E-state index is -2.89. The lowest BCUT2D eigenvalue weighted by Crippen LogP contribution is -2.33. The van der Waals surface area contributed by atoms with Crippen molar-refractivity contribution in [3.8, 4) is 0 Å². The number of amides is 1. The van der Waals surface area contributed by atoms with Crippen LogP contribution in [0.3, 0.4) is 0 Å². The lowest BCUT2D eigenvalue weighted by Gasteiger charge is -2.24. The van der Waals surface area contributed by atoms with Gasteiger partial charge < -0.3 is 5.32 Å². The second kappa shape index (κ2) is 7.83. The topological polar surface area (TPSA) is 63.2 Å². The number of benzene rings is 2. The van der Waals surface area contributed by atoms with Crippen molar-refractivity contribution in [1.29, 1.82) is 0 Å². The monoisotopic (exact) mass is 357 g/mol. The van der Waals surface area contributed by atoms with E-state index < -0.39 is 9.84 Å². The van der Waals surface area contributed by atoms with E-state index in [2.05, 4.69) is 5.32 Å². The van der Waals surface area contributed by atoms with Crippen LogP contribution in [0.15, 0.2) is 60.7 Å². The van der Waals surface area contributed by atoms with E-state index in [-0.39, 0.29) is 29.4 Å². The average molecular weight is 357 g/mol. The quantitative estimate of drug-likeness (QED) is 0.894. The molecule has 4 nitrogen and oxygen atoms in total. The zero-order chi connectivity index (χ0) is 17.7. The Morgan fingerprint density at radius 3 is 1.88 bits per heavy atom. The molecule has 0 spiro atoms. The maximum absolute atomic E-state index is 12.6. The molecule has 1 fully saturated rings. The molecule has 1 N–H and O–H groups in total. The third kappa shape index (κ3) is 4.92. The van der Waals surface area contributed by atoms with Crippen molar-refractivity contribution in [2.75, 3.05) is 11.5 Å². The molecule has 3 rings (SSSR count). The van der Waals surface area contributed by atoms with Crippen LogP contribution in [0.25, 0.3) is 0 Å². The largest absolute Gasteiger partial charge is 0.345 e. The van der Waals surface area contributed by atoms with Gasteiger partial charge in [0.1, 0.15) is 9.84 Å². The summed E-state index contributed by atoms with van der Waals surface area (Å²) in [7, 11) is -2.89. The summed E-state index contributed by atoms with van der Waals surface area (Å²) in [6.45, 7) is 0. The zero-order valence-electron chi connectivity index (χ0n) is 14.1. The summed E-state index contributed by atoms with van der Waals surface area (Å²) in [5, 5.41) is 3.13. The molecule has 0 bridgehead atoms. The van der Waals surface area contributed by atoms with Crippen LogP contribution < -0.4 is 5.32 Å². The number of rotatable bonds is 5. The number of sulfone groups is 1. The van der Waals surface area contributed by atoms with Crippen LogP contribution in [-0.2, 0) is 14.6 Å². The highest BCUT2D eigenvalue weighted by Gasteiger charge is 2.26. The van der Waals surface area contributed by atoms with Gasteiger partial charge in [0.15, 0.2) is 0 Å². The molecule has 2 aromatic rings. The Morgan fingerprint density at radius 1 is 0.920 bits per heavy atom. The molecule has 25 heavy (non-hydrogen) atoms. The summed E-state index contributed by atoms with van der Waals surface area (Å²) in [6, 6.07) is 19.6. The van der Waals surface area contributed by atoms with Crippen molar-refractivity contribution >= 4 is 15.7 Å². The first-order chi connectivity index (χ1) is 12.0. The van der Waals surface area contributed by atoms with Crippen molar-refractivity contribution in [2.45, 2.75) is 25.3 Å². The Labute approximate surface area is 149 Å². The van der Waals surface area contributed by atoms with Gasteiger partial charge in [-0.1, -0.05) is 60.7 Å². The van der Waals surface area contributed by atoms with Crippen molar-refractivity contribution in [3.05, 3.63) is 71.8 Å². The molecule has 0 aliphatic carbocycles. The summed E-state index contributed by atoms with van der Waals surface area (Å²) in [5.74, 6) is 0.523. The summed E-state index contributed by atoms with van der Waals surface area (Å²) in [6.07, 6.45) is 1.54. The van der Waals surface area contributed by atoms with E-state index in [1.165, 1.54) is 0 Å². The molecular formula is C20H23NO3S. The van der Waals surface area contributed by atoms with Crippen LogP contribution in [-0.4, -0.2) is 25.8 Å². The molecule has 2 aromatic carbocycles. The zero-order valence-corrected chi connectivity index (χ0v) is 14.9. The van der Waals surface area contributed by atoms with Gasteiger partial charge in [-0.3, -0.25) is 4.79 Å². The van der Waals surface area contributed by atoms with E-state index in [1.54, 1.807) is 0 Å². The fourth-order valence-corrected chi connectivity index (χ4v) is 4.86.